The number of nitrogens with two attached hydrogens (primary N) is 1. The molecule has 1 rings (SSSR count). The summed E-state index contributed by atoms with van der Waals surface area (Å²) >= 11 is 5.82. The van der Waals surface area contributed by atoms with Crippen LogP contribution in [0.4, 0.5) is 14.5 Å². The minimum absolute atomic E-state index is 0.180. The zero-order chi connectivity index (χ0) is 14.1. The second-order valence-electron chi connectivity index (χ2n) is 3.80. The van der Waals surface area contributed by atoms with E-state index in [4.69, 9.17) is 17.3 Å². The summed E-state index contributed by atoms with van der Waals surface area (Å²) in [6, 6.07) is 2.41. The van der Waals surface area contributed by atoms with Crippen molar-refractivity contribution in [2.45, 2.75) is 18.2 Å². The predicted octanol–water partition coefficient (Wildman–Crippen LogP) is 2.12. The third kappa shape index (κ3) is 3.09. The van der Waals surface area contributed by atoms with Crippen LogP contribution in [0.15, 0.2) is 17.0 Å². The quantitative estimate of drug-likeness (QED) is 0.866. The summed E-state index contributed by atoms with van der Waals surface area (Å²) in [7, 11) is -2.93. The first kappa shape index (κ1) is 15.1. The van der Waals surface area contributed by atoms with Gasteiger partial charge in [0.15, 0.2) is 0 Å². The lowest BCUT2D eigenvalue weighted by atomic mass is 10.2. The molecule has 0 amide bonds. The fourth-order valence-corrected chi connectivity index (χ4v) is 2.80. The van der Waals surface area contributed by atoms with Gasteiger partial charge < -0.3 is 5.73 Å². The number of hydrogen-bond acceptors (Lipinski definition) is 3. The smallest absolute Gasteiger partial charge is 0.252 e. The van der Waals surface area contributed by atoms with Crippen molar-refractivity contribution >= 4 is 27.3 Å². The Morgan fingerprint density at radius 2 is 2.00 bits per heavy atom. The highest BCUT2D eigenvalue weighted by atomic mass is 35.5. The maximum absolute atomic E-state index is 12.2. The average molecular weight is 299 g/mol. The number of halogens is 3. The number of hydrogen-bond donors (Lipinski definition) is 1. The van der Waals surface area contributed by atoms with Crippen LogP contribution in [0, 0.1) is 6.92 Å². The minimum atomic E-state index is -4.01. The Morgan fingerprint density at radius 3 is 2.44 bits per heavy atom. The fourth-order valence-electron chi connectivity index (χ4n) is 1.30. The normalized spacial score (nSPS) is 12.4. The third-order valence-electron chi connectivity index (χ3n) is 2.46. The van der Waals surface area contributed by atoms with Gasteiger partial charge in [0.2, 0.25) is 10.0 Å². The molecule has 0 aromatic heterocycles. The van der Waals surface area contributed by atoms with E-state index in [9.17, 15) is 17.2 Å². The standard InChI is InChI=1S/C10H13ClF2N2O2S/c1-6-8(11)3-7(4-9(6)14)18(16,17)15(2)5-10(12)13/h3-4,10H,5,14H2,1-2H3. The lowest BCUT2D eigenvalue weighted by molar-refractivity contribution is 0.126. The van der Waals surface area contributed by atoms with Crippen molar-refractivity contribution in [1.29, 1.82) is 0 Å². The van der Waals surface area contributed by atoms with E-state index in [2.05, 4.69) is 0 Å². The summed E-state index contributed by atoms with van der Waals surface area (Å²) in [4.78, 5) is -0.196. The molecule has 1 aromatic carbocycles. The molecule has 0 atom stereocenters. The summed E-state index contributed by atoms with van der Waals surface area (Å²) in [5.41, 5.74) is 6.35. The topological polar surface area (TPSA) is 63.4 Å². The molecule has 0 saturated carbocycles. The summed E-state index contributed by atoms with van der Waals surface area (Å²) in [5, 5.41) is 0.180. The highest BCUT2D eigenvalue weighted by Gasteiger charge is 2.24. The molecule has 0 fully saturated rings. The lowest BCUT2D eigenvalue weighted by Gasteiger charge is -2.17. The molecular weight excluding hydrogens is 286 g/mol. The Balaban J connectivity index is 3.21. The van der Waals surface area contributed by atoms with Crippen molar-refractivity contribution in [3.05, 3.63) is 22.7 Å². The highest BCUT2D eigenvalue weighted by molar-refractivity contribution is 7.89. The van der Waals surface area contributed by atoms with E-state index in [0.717, 1.165) is 7.05 Å². The van der Waals surface area contributed by atoms with Gasteiger partial charge in [-0.15, -0.1) is 0 Å². The molecule has 18 heavy (non-hydrogen) atoms. The second-order valence-corrected chi connectivity index (χ2v) is 6.25. The lowest BCUT2D eigenvalue weighted by Crippen LogP contribution is -2.31. The van der Waals surface area contributed by atoms with E-state index in [1.54, 1.807) is 6.92 Å². The van der Waals surface area contributed by atoms with E-state index in [1.165, 1.54) is 12.1 Å². The SMILES string of the molecule is Cc1c(N)cc(S(=O)(=O)N(C)CC(F)F)cc1Cl. The van der Waals surface area contributed by atoms with Gasteiger partial charge in [-0.25, -0.2) is 17.2 Å². The number of anilines is 1. The van der Waals surface area contributed by atoms with Crippen LogP contribution in [0.5, 0.6) is 0 Å². The molecule has 2 N–H and O–H groups in total. The van der Waals surface area contributed by atoms with Gasteiger partial charge in [0.05, 0.1) is 11.4 Å². The van der Waals surface area contributed by atoms with Gasteiger partial charge in [0, 0.05) is 17.8 Å². The molecule has 0 bridgehead atoms. The van der Waals surface area contributed by atoms with Crippen LogP contribution in [0.2, 0.25) is 5.02 Å². The predicted molar refractivity (Wildman–Crippen MR) is 66.4 cm³/mol. The molecule has 0 radical (unpaired) electrons. The molecule has 0 aliphatic rings. The van der Waals surface area contributed by atoms with Crippen LogP contribution in [0.25, 0.3) is 0 Å². The molecule has 0 heterocycles. The summed E-state index contributed by atoms with van der Waals surface area (Å²) < 4.78 is 48.9. The Labute approximate surface area is 109 Å². The van der Waals surface area contributed by atoms with Crippen LogP contribution in [0.1, 0.15) is 5.56 Å². The van der Waals surface area contributed by atoms with Crippen molar-refractivity contribution in [3.8, 4) is 0 Å². The van der Waals surface area contributed by atoms with Gasteiger partial charge in [-0.05, 0) is 24.6 Å². The number of alkyl halides is 2. The Hall–Kier alpha value is -0.920. The minimum Gasteiger partial charge on any atom is -0.398 e. The number of nitrogens with zero attached hydrogens (tertiary/aromatic N) is 1. The van der Waals surface area contributed by atoms with E-state index in [1.807, 2.05) is 0 Å². The van der Waals surface area contributed by atoms with Gasteiger partial charge >= 0.3 is 0 Å². The van der Waals surface area contributed by atoms with Crippen LogP contribution in [-0.2, 0) is 10.0 Å². The number of benzene rings is 1. The van der Waals surface area contributed by atoms with Crippen LogP contribution >= 0.6 is 11.6 Å². The summed E-state index contributed by atoms with van der Waals surface area (Å²) in [6.45, 7) is 0.755. The maximum atomic E-state index is 12.2. The van der Waals surface area contributed by atoms with Crippen molar-refractivity contribution in [2.24, 2.45) is 0 Å². The zero-order valence-electron chi connectivity index (χ0n) is 9.82. The summed E-state index contributed by atoms with van der Waals surface area (Å²) in [5.74, 6) is 0. The van der Waals surface area contributed by atoms with Crippen LogP contribution < -0.4 is 5.73 Å². The Morgan fingerprint density at radius 1 is 1.44 bits per heavy atom. The number of sulfonamides is 1. The van der Waals surface area contributed by atoms with Gasteiger partial charge in [-0.2, -0.15) is 4.31 Å². The highest BCUT2D eigenvalue weighted by Crippen LogP contribution is 2.27. The van der Waals surface area contributed by atoms with Crippen LogP contribution in [0.3, 0.4) is 0 Å². The number of rotatable bonds is 4. The first-order chi connectivity index (χ1) is 8.16. The van der Waals surface area contributed by atoms with E-state index >= 15 is 0 Å². The summed E-state index contributed by atoms with van der Waals surface area (Å²) in [6.07, 6.45) is -2.75. The van der Waals surface area contributed by atoms with Gasteiger partial charge in [-0.1, -0.05) is 11.6 Å². The van der Waals surface area contributed by atoms with Crippen molar-refractivity contribution in [3.63, 3.8) is 0 Å². The van der Waals surface area contributed by atoms with E-state index in [0.29, 0.717) is 9.87 Å². The average Bonchev–Trinajstić information content (AvgIpc) is 2.24. The zero-order valence-corrected chi connectivity index (χ0v) is 11.4. The molecule has 0 aliphatic carbocycles. The first-order valence-corrected chi connectivity index (χ1v) is 6.78. The molecule has 0 aliphatic heterocycles. The molecule has 0 unspecified atom stereocenters. The van der Waals surface area contributed by atoms with Crippen molar-refractivity contribution in [2.75, 3.05) is 19.3 Å². The Bertz CT molecular complexity index is 526. The second kappa shape index (κ2) is 5.38. The monoisotopic (exact) mass is 298 g/mol. The van der Waals surface area contributed by atoms with Gasteiger partial charge in [0.1, 0.15) is 0 Å². The van der Waals surface area contributed by atoms with Crippen LogP contribution in [-0.4, -0.2) is 32.7 Å². The molecule has 102 valence electrons. The maximum Gasteiger partial charge on any atom is 0.252 e. The van der Waals surface area contributed by atoms with Gasteiger partial charge in [0.25, 0.3) is 6.43 Å². The van der Waals surface area contributed by atoms with E-state index < -0.39 is 23.0 Å². The molecule has 4 nitrogen and oxygen atoms in total. The molecule has 0 saturated heterocycles. The fraction of sp³-hybridized carbons (Fsp3) is 0.400. The first-order valence-electron chi connectivity index (χ1n) is 4.96. The van der Waals surface area contributed by atoms with Crippen molar-refractivity contribution < 1.29 is 17.2 Å². The van der Waals surface area contributed by atoms with Gasteiger partial charge in [-0.3, -0.25) is 0 Å². The number of nitrogen functional groups attached to an aromatic ring is 1. The molecule has 8 heteroatoms. The molecular formula is C10H13ClF2N2O2S. The van der Waals surface area contributed by atoms with E-state index in [-0.39, 0.29) is 15.6 Å². The molecule has 1 aromatic rings. The van der Waals surface area contributed by atoms with Crippen molar-refractivity contribution in [1.82, 2.24) is 4.31 Å². The largest absolute Gasteiger partial charge is 0.398 e. The third-order valence-corrected chi connectivity index (χ3v) is 4.66. The molecule has 0 spiro atoms. The Kier molecular flexibility index (Phi) is 4.52.